The van der Waals surface area contributed by atoms with E-state index in [1.165, 1.54) is 36.6 Å². The topological polar surface area (TPSA) is 166 Å². The predicted octanol–water partition coefficient (Wildman–Crippen LogP) is 6.89. The van der Waals surface area contributed by atoms with Gasteiger partial charge >= 0.3 is 11.9 Å². The highest BCUT2D eigenvalue weighted by atomic mass is 16.5. The summed E-state index contributed by atoms with van der Waals surface area (Å²) in [7, 11) is 3.00. The minimum Gasteiger partial charge on any atom is -0.496 e. The molecule has 12 heteroatoms. The third kappa shape index (κ3) is 12.5. The fraction of sp³-hybridized carbons (Fsp3) is 0.488. The number of esters is 1. The number of unbranched alkanes of at least 4 members (excludes halogenated alkanes) is 5. The van der Waals surface area contributed by atoms with Crippen molar-refractivity contribution in [3.63, 3.8) is 0 Å². The van der Waals surface area contributed by atoms with Gasteiger partial charge in [-0.15, -0.1) is 0 Å². The van der Waals surface area contributed by atoms with Gasteiger partial charge in [0.2, 0.25) is 5.91 Å². The third-order valence-corrected chi connectivity index (χ3v) is 9.43. The molecule has 4 rings (SSSR count). The molecule has 288 valence electrons. The van der Waals surface area contributed by atoms with Crippen LogP contribution in [0.15, 0.2) is 73.1 Å². The molecule has 0 fully saturated rings. The average Bonchev–Trinajstić information content (AvgIpc) is 3.87. The molecule has 0 spiro atoms. The van der Waals surface area contributed by atoms with Crippen molar-refractivity contribution in [3.8, 4) is 11.5 Å². The van der Waals surface area contributed by atoms with Crippen LogP contribution in [-0.2, 0) is 19.1 Å². The van der Waals surface area contributed by atoms with Crippen LogP contribution < -0.4 is 15.2 Å². The lowest BCUT2D eigenvalue weighted by molar-refractivity contribution is -0.154. The standard InChI is InChI=1S/C28H42N2O5.C13H13NO4/c1-4-5-6-9-15-22(16-10-7-8-14-21(2)26(29)31)35-28(33)24-18-13-20-30(24)27(32)23-17-11-12-19-25(23)34-3;1-18-11-7-3-2-5-9(11)12(15)14-8-4-6-10(14)13(16)17/h11-13,17,19-22,24H,4-10,14-16,18H2,1-3H3,(H2,29,31);2-5,7-8,10H,6H2,1H3,(H,16,17)/t21-,22-,24+;10-/m10/s1. The van der Waals surface area contributed by atoms with Crippen LogP contribution in [0, 0.1) is 5.92 Å². The van der Waals surface area contributed by atoms with Crippen molar-refractivity contribution in [1.82, 2.24) is 9.80 Å². The molecule has 0 aliphatic carbocycles. The molecule has 2 heterocycles. The van der Waals surface area contributed by atoms with Gasteiger partial charge in [-0.3, -0.25) is 14.4 Å². The summed E-state index contributed by atoms with van der Waals surface area (Å²) >= 11 is 0. The highest BCUT2D eigenvalue weighted by Gasteiger charge is 2.35. The van der Waals surface area contributed by atoms with Crippen molar-refractivity contribution >= 4 is 29.7 Å². The van der Waals surface area contributed by atoms with Crippen molar-refractivity contribution in [2.45, 2.75) is 109 Å². The largest absolute Gasteiger partial charge is 0.496 e. The Kier molecular flexibility index (Phi) is 17.6. The van der Waals surface area contributed by atoms with Gasteiger partial charge in [0.1, 0.15) is 29.7 Å². The van der Waals surface area contributed by atoms with Crippen molar-refractivity contribution in [2.24, 2.45) is 11.7 Å². The molecule has 0 aromatic heterocycles. The first-order valence-corrected chi connectivity index (χ1v) is 18.5. The number of amides is 3. The summed E-state index contributed by atoms with van der Waals surface area (Å²) in [6.45, 7) is 4.03. The van der Waals surface area contributed by atoms with Crippen LogP contribution >= 0.6 is 0 Å². The van der Waals surface area contributed by atoms with E-state index >= 15 is 0 Å². The molecule has 0 saturated heterocycles. The number of nitrogens with two attached hydrogens (primary N) is 1. The van der Waals surface area contributed by atoms with E-state index in [2.05, 4.69) is 6.92 Å². The molecular formula is C41H55N3O9. The van der Waals surface area contributed by atoms with Gasteiger partial charge in [-0.2, -0.15) is 0 Å². The monoisotopic (exact) mass is 733 g/mol. The molecule has 2 aliphatic heterocycles. The number of hydrogen-bond donors (Lipinski definition) is 2. The van der Waals surface area contributed by atoms with Crippen LogP contribution in [0.4, 0.5) is 0 Å². The van der Waals surface area contributed by atoms with Gasteiger partial charge < -0.3 is 34.9 Å². The molecule has 53 heavy (non-hydrogen) atoms. The Morgan fingerprint density at radius 2 is 1.21 bits per heavy atom. The second-order valence-corrected chi connectivity index (χ2v) is 13.3. The zero-order chi connectivity index (χ0) is 38.8. The Bertz CT molecular complexity index is 1590. The van der Waals surface area contributed by atoms with Crippen LogP contribution in [0.2, 0.25) is 0 Å². The number of carbonyl (C=O) groups excluding carboxylic acids is 4. The third-order valence-electron chi connectivity index (χ3n) is 9.43. The van der Waals surface area contributed by atoms with E-state index in [1.54, 1.807) is 60.8 Å². The number of nitrogens with zero attached hydrogens (tertiary/aromatic N) is 2. The number of carboxylic acids is 1. The molecule has 12 nitrogen and oxygen atoms in total. The van der Waals surface area contributed by atoms with Gasteiger partial charge in [-0.05, 0) is 69.2 Å². The first kappa shape index (κ1) is 42.3. The lowest BCUT2D eigenvalue weighted by Gasteiger charge is -2.26. The zero-order valence-electron chi connectivity index (χ0n) is 31.4. The summed E-state index contributed by atoms with van der Waals surface area (Å²) in [5.41, 5.74) is 6.12. The van der Waals surface area contributed by atoms with E-state index in [9.17, 15) is 24.0 Å². The second kappa shape index (κ2) is 22.1. The number of para-hydroxylation sites is 2. The molecule has 4 atom stereocenters. The number of carboxylic acid groups (broad SMARTS) is 1. The fourth-order valence-electron chi connectivity index (χ4n) is 6.26. The van der Waals surface area contributed by atoms with Crippen LogP contribution in [0.1, 0.15) is 112 Å². The van der Waals surface area contributed by atoms with Crippen LogP contribution in [0.5, 0.6) is 11.5 Å². The maximum absolute atomic E-state index is 13.2. The molecule has 3 amide bonds. The summed E-state index contributed by atoms with van der Waals surface area (Å²) in [5, 5.41) is 9.04. The number of rotatable bonds is 19. The van der Waals surface area contributed by atoms with E-state index in [-0.39, 0.29) is 35.7 Å². The van der Waals surface area contributed by atoms with Gasteiger partial charge in [-0.1, -0.05) is 82.4 Å². The maximum Gasteiger partial charge on any atom is 0.329 e. The molecule has 2 aliphatic rings. The molecule has 0 unspecified atom stereocenters. The Hall–Kier alpha value is -5.13. The first-order valence-electron chi connectivity index (χ1n) is 18.5. The second-order valence-electron chi connectivity index (χ2n) is 13.3. The Morgan fingerprint density at radius 3 is 1.70 bits per heavy atom. The number of carbonyl (C=O) groups is 5. The Morgan fingerprint density at radius 1 is 0.736 bits per heavy atom. The fourth-order valence-corrected chi connectivity index (χ4v) is 6.26. The number of ether oxygens (including phenoxy) is 3. The summed E-state index contributed by atoms with van der Waals surface area (Å²) in [4.78, 5) is 63.5. The molecular weight excluding hydrogens is 678 g/mol. The van der Waals surface area contributed by atoms with Gasteiger partial charge in [-0.25, -0.2) is 9.59 Å². The van der Waals surface area contributed by atoms with E-state index < -0.39 is 18.1 Å². The Balaban J connectivity index is 0.000000350. The number of benzene rings is 2. The minimum atomic E-state index is -1.01. The molecule has 2 aromatic carbocycles. The Labute approximate surface area is 312 Å². The number of hydrogen-bond acceptors (Lipinski definition) is 8. The van der Waals surface area contributed by atoms with Gasteiger partial charge in [0.05, 0.1) is 25.3 Å². The lowest BCUT2D eigenvalue weighted by Crippen LogP contribution is -2.41. The quantitative estimate of drug-likeness (QED) is 0.116. The van der Waals surface area contributed by atoms with Crippen LogP contribution in [0.25, 0.3) is 0 Å². The molecule has 3 N–H and O–H groups in total. The van der Waals surface area contributed by atoms with Crippen molar-refractivity contribution in [3.05, 3.63) is 84.2 Å². The zero-order valence-corrected chi connectivity index (χ0v) is 31.4. The normalized spacial score (nSPS) is 17.1. The van der Waals surface area contributed by atoms with Gasteiger partial charge in [0, 0.05) is 18.3 Å². The molecule has 0 saturated carbocycles. The van der Waals surface area contributed by atoms with Gasteiger partial charge in [0.25, 0.3) is 11.8 Å². The highest BCUT2D eigenvalue weighted by Crippen LogP contribution is 2.27. The number of primary amides is 1. The molecule has 2 aromatic rings. The summed E-state index contributed by atoms with van der Waals surface area (Å²) < 4.78 is 16.4. The summed E-state index contributed by atoms with van der Waals surface area (Å²) in [5.74, 6) is -1.47. The van der Waals surface area contributed by atoms with E-state index in [4.69, 9.17) is 25.1 Å². The molecule has 0 bridgehead atoms. The van der Waals surface area contributed by atoms with Crippen LogP contribution in [-0.4, -0.2) is 77.0 Å². The summed E-state index contributed by atoms with van der Waals surface area (Å²) in [6.07, 6.45) is 16.9. The molecule has 0 radical (unpaired) electrons. The number of methoxy groups -OCH3 is 2. The van der Waals surface area contributed by atoms with Crippen LogP contribution in [0.3, 0.4) is 0 Å². The first-order chi connectivity index (χ1) is 25.5. The van der Waals surface area contributed by atoms with Crippen molar-refractivity contribution < 1.29 is 43.3 Å². The number of aliphatic carboxylic acids is 1. The van der Waals surface area contributed by atoms with Crippen molar-refractivity contribution in [2.75, 3.05) is 14.2 Å². The van der Waals surface area contributed by atoms with E-state index in [0.29, 0.717) is 35.5 Å². The maximum atomic E-state index is 13.2. The van der Waals surface area contributed by atoms with Crippen molar-refractivity contribution in [1.29, 1.82) is 0 Å². The predicted molar refractivity (Wildman–Crippen MR) is 201 cm³/mol. The lowest BCUT2D eigenvalue weighted by atomic mass is 9.99. The average molecular weight is 734 g/mol. The SMILES string of the molecule is CCCCCC[C@H](CCCCC[C@@H](C)C(N)=O)OC(=O)[C@@H]1CC=CN1C(=O)c1ccccc1OC.COc1ccccc1C(=O)N1C=CC[C@H]1C(=O)O. The van der Waals surface area contributed by atoms with E-state index in [1.807, 2.05) is 13.0 Å². The smallest absolute Gasteiger partial charge is 0.329 e. The summed E-state index contributed by atoms with van der Waals surface area (Å²) in [6, 6.07) is 12.3. The van der Waals surface area contributed by atoms with Gasteiger partial charge in [0.15, 0.2) is 0 Å². The van der Waals surface area contributed by atoms with E-state index in [0.717, 1.165) is 57.8 Å². The minimum absolute atomic E-state index is 0.112. The highest BCUT2D eigenvalue weighted by molar-refractivity contribution is 6.01.